The third kappa shape index (κ3) is 1.33. The van der Waals surface area contributed by atoms with Gasteiger partial charge in [0, 0.05) is 24.3 Å². The lowest BCUT2D eigenvalue weighted by atomic mass is 10.2. The monoisotopic (exact) mass is 200 g/mol. The van der Waals surface area contributed by atoms with E-state index in [1.807, 2.05) is 0 Å². The van der Waals surface area contributed by atoms with Crippen molar-refractivity contribution in [3.63, 3.8) is 0 Å². The van der Waals surface area contributed by atoms with E-state index in [2.05, 4.69) is 0 Å². The van der Waals surface area contributed by atoms with Gasteiger partial charge in [0.1, 0.15) is 0 Å². The van der Waals surface area contributed by atoms with Gasteiger partial charge in [-0.15, -0.1) is 23.5 Å². The highest BCUT2D eigenvalue weighted by molar-refractivity contribution is 8.08. The van der Waals surface area contributed by atoms with Crippen LogP contribution in [-0.4, -0.2) is 23.1 Å². The summed E-state index contributed by atoms with van der Waals surface area (Å²) in [6.07, 6.45) is 1.20. The van der Waals surface area contributed by atoms with E-state index in [1.54, 1.807) is 23.5 Å². The molecule has 0 fully saturated rings. The molecule has 2 heterocycles. The maximum Gasteiger partial charge on any atom is 0.171 e. The minimum absolute atomic E-state index is 0.168. The van der Waals surface area contributed by atoms with E-state index in [0.717, 1.165) is 21.3 Å². The third-order valence-electron chi connectivity index (χ3n) is 1.86. The molecule has 0 aromatic heterocycles. The van der Waals surface area contributed by atoms with E-state index in [4.69, 9.17) is 0 Å². The van der Waals surface area contributed by atoms with Gasteiger partial charge >= 0.3 is 0 Å². The van der Waals surface area contributed by atoms with Crippen molar-refractivity contribution in [3.8, 4) is 0 Å². The topological polar surface area (TPSA) is 34.1 Å². The van der Waals surface area contributed by atoms with Gasteiger partial charge in [0.15, 0.2) is 11.6 Å². The lowest BCUT2D eigenvalue weighted by Gasteiger charge is -2.20. The molecule has 0 amide bonds. The van der Waals surface area contributed by atoms with Gasteiger partial charge in [0.25, 0.3) is 0 Å². The zero-order chi connectivity index (χ0) is 8.55. The Bertz CT molecular complexity index is 253. The van der Waals surface area contributed by atoms with Crippen LogP contribution in [-0.2, 0) is 9.59 Å². The van der Waals surface area contributed by atoms with E-state index in [0.29, 0.717) is 12.8 Å². The number of hydrogen-bond donors (Lipinski definition) is 0. The summed E-state index contributed by atoms with van der Waals surface area (Å²) in [6.45, 7) is 0. The Kier molecular flexibility index (Phi) is 2.28. The van der Waals surface area contributed by atoms with E-state index >= 15 is 0 Å². The molecule has 2 rings (SSSR count). The SMILES string of the molecule is O=C1CCSC2=C1SCCC2=O. The van der Waals surface area contributed by atoms with E-state index in [-0.39, 0.29) is 11.6 Å². The Labute approximate surface area is 79.2 Å². The van der Waals surface area contributed by atoms with Crippen LogP contribution in [0.1, 0.15) is 12.8 Å². The molecule has 4 heteroatoms. The highest BCUT2D eigenvalue weighted by Gasteiger charge is 2.28. The van der Waals surface area contributed by atoms with Gasteiger partial charge in [0.2, 0.25) is 0 Å². The smallest absolute Gasteiger partial charge is 0.171 e. The molecule has 0 spiro atoms. The van der Waals surface area contributed by atoms with Crippen molar-refractivity contribution in [2.45, 2.75) is 12.8 Å². The van der Waals surface area contributed by atoms with E-state index in [9.17, 15) is 9.59 Å². The van der Waals surface area contributed by atoms with Crippen molar-refractivity contribution in [1.82, 2.24) is 0 Å². The van der Waals surface area contributed by atoms with Gasteiger partial charge in [-0.05, 0) is 0 Å². The summed E-state index contributed by atoms with van der Waals surface area (Å²) in [5.41, 5.74) is 0. The van der Waals surface area contributed by atoms with Gasteiger partial charge in [-0.3, -0.25) is 9.59 Å². The van der Waals surface area contributed by atoms with Gasteiger partial charge in [-0.1, -0.05) is 0 Å². The Hall–Kier alpha value is -0.220. The average molecular weight is 200 g/mol. The first-order chi connectivity index (χ1) is 5.79. The van der Waals surface area contributed by atoms with Gasteiger partial charge in [-0.2, -0.15) is 0 Å². The molecule has 0 aliphatic carbocycles. The van der Waals surface area contributed by atoms with Crippen molar-refractivity contribution in [2.24, 2.45) is 0 Å². The molecule has 12 heavy (non-hydrogen) atoms. The van der Waals surface area contributed by atoms with Crippen molar-refractivity contribution >= 4 is 35.1 Å². The molecule has 64 valence electrons. The van der Waals surface area contributed by atoms with Crippen molar-refractivity contribution in [1.29, 1.82) is 0 Å². The molecular formula is C8H8O2S2. The first kappa shape index (κ1) is 8.38. The van der Waals surface area contributed by atoms with Gasteiger partial charge in [-0.25, -0.2) is 0 Å². The molecule has 0 radical (unpaired) electrons. The second-order valence-electron chi connectivity index (χ2n) is 2.70. The number of Topliss-reactive ketones (excluding diaryl/α,β-unsaturated/α-hetero) is 2. The molecule has 0 saturated carbocycles. The molecule has 2 aliphatic heterocycles. The second-order valence-corrected chi connectivity index (χ2v) is 4.91. The zero-order valence-corrected chi connectivity index (χ0v) is 8.09. The average Bonchev–Trinajstić information content (AvgIpc) is 2.07. The fourth-order valence-corrected chi connectivity index (χ4v) is 3.62. The van der Waals surface area contributed by atoms with Crippen LogP contribution in [0.15, 0.2) is 9.81 Å². The number of carbonyl (C=O) groups is 2. The number of carbonyl (C=O) groups excluding carboxylic acids is 2. The van der Waals surface area contributed by atoms with Crippen molar-refractivity contribution < 1.29 is 9.59 Å². The molecule has 0 unspecified atom stereocenters. The van der Waals surface area contributed by atoms with Gasteiger partial charge < -0.3 is 0 Å². The summed E-state index contributed by atoms with van der Waals surface area (Å²) < 4.78 is 0. The molecule has 0 saturated heterocycles. The zero-order valence-electron chi connectivity index (χ0n) is 6.46. The summed E-state index contributed by atoms with van der Waals surface area (Å²) in [4.78, 5) is 24.1. The third-order valence-corrected chi connectivity index (χ3v) is 4.25. The van der Waals surface area contributed by atoms with E-state index in [1.165, 1.54) is 0 Å². The summed E-state index contributed by atoms with van der Waals surface area (Å²) in [5, 5.41) is 0. The van der Waals surface area contributed by atoms with Crippen LogP contribution in [0.3, 0.4) is 0 Å². The Morgan fingerprint density at radius 1 is 0.833 bits per heavy atom. The van der Waals surface area contributed by atoms with Crippen LogP contribution in [0.2, 0.25) is 0 Å². The highest BCUT2D eigenvalue weighted by Crippen LogP contribution is 2.38. The van der Waals surface area contributed by atoms with E-state index < -0.39 is 0 Å². The second kappa shape index (κ2) is 3.26. The molecular weight excluding hydrogens is 192 g/mol. The van der Waals surface area contributed by atoms with Crippen LogP contribution in [0.5, 0.6) is 0 Å². The maximum absolute atomic E-state index is 11.3. The molecule has 0 aromatic carbocycles. The minimum Gasteiger partial charge on any atom is -0.294 e. The lowest BCUT2D eigenvalue weighted by molar-refractivity contribution is -0.117. The molecule has 0 aromatic rings. The van der Waals surface area contributed by atoms with Crippen LogP contribution < -0.4 is 0 Å². The fourth-order valence-electron chi connectivity index (χ4n) is 1.26. The first-order valence-electron chi connectivity index (χ1n) is 3.85. The Morgan fingerprint density at radius 3 is 1.67 bits per heavy atom. The molecule has 2 aliphatic rings. The van der Waals surface area contributed by atoms with Crippen LogP contribution in [0, 0.1) is 0 Å². The quantitative estimate of drug-likeness (QED) is 0.595. The molecule has 0 N–H and O–H groups in total. The Balaban J connectivity index is 2.39. The largest absolute Gasteiger partial charge is 0.294 e. The highest BCUT2D eigenvalue weighted by atomic mass is 32.2. The Morgan fingerprint density at radius 2 is 1.25 bits per heavy atom. The normalized spacial score (nSPS) is 24.3. The minimum atomic E-state index is 0.168. The summed E-state index contributed by atoms with van der Waals surface area (Å²) >= 11 is 3.09. The fraction of sp³-hybridized carbons (Fsp3) is 0.500. The van der Waals surface area contributed by atoms with Crippen LogP contribution >= 0.6 is 23.5 Å². The molecule has 0 atom stereocenters. The van der Waals surface area contributed by atoms with Crippen molar-refractivity contribution in [2.75, 3.05) is 11.5 Å². The van der Waals surface area contributed by atoms with Crippen LogP contribution in [0.25, 0.3) is 0 Å². The lowest BCUT2D eigenvalue weighted by Crippen LogP contribution is -2.18. The summed E-state index contributed by atoms with van der Waals surface area (Å²) in [5.74, 6) is 1.90. The number of ketones is 2. The van der Waals surface area contributed by atoms with Crippen molar-refractivity contribution in [3.05, 3.63) is 9.81 Å². The maximum atomic E-state index is 11.3. The summed E-state index contributed by atoms with van der Waals surface area (Å²) in [6, 6.07) is 0. The number of thioether (sulfide) groups is 2. The first-order valence-corrected chi connectivity index (χ1v) is 5.82. The predicted molar refractivity (Wildman–Crippen MR) is 51.2 cm³/mol. The van der Waals surface area contributed by atoms with Gasteiger partial charge in [0.05, 0.1) is 9.81 Å². The van der Waals surface area contributed by atoms with Crippen LogP contribution in [0.4, 0.5) is 0 Å². The predicted octanol–water partition coefficient (Wildman–Crippen LogP) is 1.61. The summed E-state index contributed by atoms with van der Waals surface area (Å²) in [7, 11) is 0. The molecule has 0 bridgehead atoms. The number of allylic oxidation sites excluding steroid dienone is 2. The number of rotatable bonds is 0. The molecule has 2 nitrogen and oxygen atoms in total. The standard InChI is InChI=1S/C8H8O2S2/c9-5-1-3-11-8-6(10)2-4-12-7(5)8/h1-4H2. The number of hydrogen-bond acceptors (Lipinski definition) is 4.